The van der Waals surface area contributed by atoms with Gasteiger partial charge in [-0.2, -0.15) is 0 Å². The molecule has 2 unspecified atom stereocenters. The van der Waals surface area contributed by atoms with Crippen molar-refractivity contribution >= 4 is 5.91 Å². The van der Waals surface area contributed by atoms with E-state index >= 15 is 0 Å². The number of rotatable bonds is 0. The summed E-state index contributed by atoms with van der Waals surface area (Å²) in [4.78, 5) is 10.7. The summed E-state index contributed by atoms with van der Waals surface area (Å²) < 4.78 is 0. The Morgan fingerprint density at radius 1 is 1.78 bits per heavy atom. The van der Waals surface area contributed by atoms with Crippen LogP contribution in [0.25, 0.3) is 0 Å². The maximum atomic E-state index is 10.7. The van der Waals surface area contributed by atoms with Gasteiger partial charge in [-0.1, -0.05) is 6.92 Å². The van der Waals surface area contributed by atoms with Crippen LogP contribution in [0.15, 0.2) is 0 Å². The molecule has 2 atom stereocenters. The van der Waals surface area contributed by atoms with E-state index in [0.717, 1.165) is 0 Å². The second kappa shape index (κ2) is 2.35. The molecule has 1 fully saturated rings. The van der Waals surface area contributed by atoms with Gasteiger partial charge in [0.1, 0.15) is 0 Å². The average Bonchev–Trinajstić information content (AvgIpc) is 1.80. The van der Waals surface area contributed by atoms with Crippen LogP contribution in [0, 0.1) is 5.92 Å². The zero-order valence-electron chi connectivity index (χ0n) is 5.55. The predicted octanol–water partition coefficient (Wildman–Crippen LogP) is -0.530. The summed E-state index contributed by atoms with van der Waals surface area (Å²) in [7, 11) is 0. The first-order chi connectivity index (χ1) is 4.20. The predicted molar refractivity (Wildman–Crippen MR) is 34.8 cm³/mol. The molecule has 1 rings (SSSR count). The Bertz CT molecular complexity index is 124. The average molecular weight is 128 g/mol. The van der Waals surface area contributed by atoms with Gasteiger partial charge >= 0.3 is 0 Å². The minimum atomic E-state index is 0.129. The van der Waals surface area contributed by atoms with Gasteiger partial charge in [0.15, 0.2) is 0 Å². The Kier molecular flexibility index (Phi) is 1.71. The number of amides is 1. The van der Waals surface area contributed by atoms with Gasteiger partial charge in [-0.25, -0.2) is 0 Å². The van der Waals surface area contributed by atoms with Gasteiger partial charge in [0.05, 0.1) is 0 Å². The first-order valence-corrected chi connectivity index (χ1v) is 3.22. The number of piperidine rings is 1. The van der Waals surface area contributed by atoms with Crippen LogP contribution >= 0.6 is 0 Å². The molecule has 0 saturated carbocycles. The molecule has 0 aromatic heterocycles. The van der Waals surface area contributed by atoms with Gasteiger partial charge in [-0.05, 0) is 5.92 Å². The van der Waals surface area contributed by atoms with Crippen molar-refractivity contribution in [2.24, 2.45) is 11.7 Å². The molecule has 1 heterocycles. The Morgan fingerprint density at radius 3 is 2.89 bits per heavy atom. The van der Waals surface area contributed by atoms with Gasteiger partial charge in [0.25, 0.3) is 0 Å². The summed E-state index contributed by atoms with van der Waals surface area (Å²) in [5, 5.41) is 2.70. The number of carbonyl (C=O) groups is 1. The molecule has 1 saturated heterocycles. The molecular formula is C6H12N2O. The van der Waals surface area contributed by atoms with Crippen LogP contribution in [-0.4, -0.2) is 18.5 Å². The van der Waals surface area contributed by atoms with Crippen LogP contribution in [-0.2, 0) is 4.79 Å². The molecule has 0 spiro atoms. The number of hydrogen-bond acceptors (Lipinski definition) is 2. The van der Waals surface area contributed by atoms with Crippen LogP contribution in [0.4, 0.5) is 0 Å². The van der Waals surface area contributed by atoms with Gasteiger partial charge in [0.2, 0.25) is 5.91 Å². The Hall–Kier alpha value is -0.570. The zero-order valence-corrected chi connectivity index (χ0v) is 5.55. The molecule has 0 radical (unpaired) electrons. The summed E-state index contributed by atoms with van der Waals surface area (Å²) in [5.41, 5.74) is 5.63. The third-order valence-electron chi connectivity index (χ3n) is 1.77. The minimum absolute atomic E-state index is 0.129. The summed E-state index contributed by atoms with van der Waals surface area (Å²) in [6.07, 6.45) is 0.584. The van der Waals surface area contributed by atoms with E-state index in [1.807, 2.05) is 6.92 Å². The van der Waals surface area contributed by atoms with E-state index in [4.69, 9.17) is 5.73 Å². The van der Waals surface area contributed by atoms with Crippen molar-refractivity contribution in [3.63, 3.8) is 0 Å². The van der Waals surface area contributed by atoms with Crippen LogP contribution in [0.5, 0.6) is 0 Å². The topological polar surface area (TPSA) is 55.1 Å². The van der Waals surface area contributed by atoms with E-state index in [1.54, 1.807) is 0 Å². The van der Waals surface area contributed by atoms with E-state index < -0.39 is 0 Å². The number of carbonyl (C=O) groups excluding carboxylic acids is 1. The van der Waals surface area contributed by atoms with Crippen molar-refractivity contribution in [3.05, 3.63) is 0 Å². The van der Waals surface area contributed by atoms with Crippen LogP contribution < -0.4 is 11.1 Å². The molecule has 3 N–H and O–H groups in total. The highest BCUT2D eigenvalue weighted by Crippen LogP contribution is 2.09. The van der Waals surface area contributed by atoms with Crippen molar-refractivity contribution in [1.29, 1.82) is 0 Å². The minimum Gasteiger partial charge on any atom is -0.355 e. The SMILES string of the molecule is CC1CC(=O)NCC1N. The number of nitrogens with one attached hydrogen (secondary N) is 1. The highest BCUT2D eigenvalue weighted by Gasteiger charge is 2.21. The lowest BCUT2D eigenvalue weighted by Crippen LogP contribution is -2.47. The quantitative estimate of drug-likeness (QED) is 0.461. The Morgan fingerprint density at radius 2 is 2.44 bits per heavy atom. The van der Waals surface area contributed by atoms with Gasteiger partial charge in [-0.15, -0.1) is 0 Å². The largest absolute Gasteiger partial charge is 0.355 e. The van der Waals surface area contributed by atoms with Crippen LogP contribution in [0.1, 0.15) is 13.3 Å². The third-order valence-corrected chi connectivity index (χ3v) is 1.77. The Labute approximate surface area is 54.6 Å². The molecule has 9 heavy (non-hydrogen) atoms. The van der Waals surface area contributed by atoms with E-state index in [2.05, 4.69) is 5.32 Å². The fourth-order valence-corrected chi connectivity index (χ4v) is 0.949. The second-order valence-electron chi connectivity index (χ2n) is 2.65. The van der Waals surface area contributed by atoms with Gasteiger partial charge in [-0.3, -0.25) is 4.79 Å². The lowest BCUT2D eigenvalue weighted by atomic mass is 9.95. The van der Waals surface area contributed by atoms with Crippen molar-refractivity contribution < 1.29 is 4.79 Å². The summed E-state index contributed by atoms with van der Waals surface area (Å²) in [6.45, 7) is 2.64. The molecule has 1 aliphatic rings. The van der Waals surface area contributed by atoms with Crippen LogP contribution in [0.3, 0.4) is 0 Å². The monoisotopic (exact) mass is 128 g/mol. The molecule has 0 aliphatic carbocycles. The summed E-state index contributed by atoms with van der Waals surface area (Å²) in [6, 6.07) is 0.155. The maximum Gasteiger partial charge on any atom is 0.220 e. The fourth-order valence-electron chi connectivity index (χ4n) is 0.949. The lowest BCUT2D eigenvalue weighted by molar-refractivity contribution is -0.123. The van der Waals surface area contributed by atoms with Crippen LogP contribution in [0.2, 0.25) is 0 Å². The zero-order chi connectivity index (χ0) is 6.85. The molecule has 52 valence electrons. The number of nitrogens with two attached hydrogens (primary N) is 1. The van der Waals surface area contributed by atoms with Crippen molar-refractivity contribution in [3.8, 4) is 0 Å². The molecule has 0 aromatic carbocycles. The van der Waals surface area contributed by atoms with Gasteiger partial charge in [0, 0.05) is 19.0 Å². The molecule has 3 nitrogen and oxygen atoms in total. The molecule has 1 amide bonds. The summed E-state index contributed by atoms with van der Waals surface area (Å²) in [5.74, 6) is 0.475. The molecule has 0 bridgehead atoms. The van der Waals surface area contributed by atoms with E-state index in [0.29, 0.717) is 18.9 Å². The highest BCUT2D eigenvalue weighted by molar-refractivity contribution is 5.77. The van der Waals surface area contributed by atoms with Crippen molar-refractivity contribution in [1.82, 2.24) is 5.32 Å². The first-order valence-electron chi connectivity index (χ1n) is 3.22. The highest BCUT2D eigenvalue weighted by atomic mass is 16.1. The Balaban J connectivity index is 2.44. The number of hydrogen-bond donors (Lipinski definition) is 2. The fraction of sp³-hybridized carbons (Fsp3) is 0.833. The lowest BCUT2D eigenvalue weighted by Gasteiger charge is -2.24. The molecule has 1 aliphatic heterocycles. The van der Waals surface area contributed by atoms with E-state index in [1.165, 1.54) is 0 Å². The molecular weight excluding hydrogens is 116 g/mol. The van der Waals surface area contributed by atoms with Crippen molar-refractivity contribution in [2.75, 3.05) is 6.54 Å². The molecule has 0 aromatic rings. The molecule has 3 heteroatoms. The maximum absolute atomic E-state index is 10.7. The van der Waals surface area contributed by atoms with Gasteiger partial charge < -0.3 is 11.1 Å². The first kappa shape index (κ1) is 6.55. The smallest absolute Gasteiger partial charge is 0.220 e. The van der Waals surface area contributed by atoms with E-state index in [-0.39, 0.29) is 11.9 Å². The van der Waals surface area contributed by atoms with E-state index in [9.17, 15) is 4.79 Å². The standard InChI is InChI=1S/C6H12N2O/c1-4-2-6(9)8-3-5(4)7/h4-5H,2-3,7H2,1H3,(H,8,9). The summed E-state index contributed by atoms with van der Waals surface area (Å²) >= 11 is 0. The normalized spacial score (nSPS) is 36.0. The third kappa shape index (κ3) is 1.42. The second-order valence-corrected chi connectivity index (χ2v) is 2.65. The van der Waals surface area contributed by atoms with Crippen molar-refractivity contribution in [2.45, 2.75) is 19.4 Å².